The molecule has 3 N–H and O–H groups in total. The number of hydrogen-bond acceptors (Lipinski definition) is 3. The van der Waals surface area contributed by atoms with Crippen molar-refractivity contribution >= 4 is 35.8 Å². The third-order valence-corrected chi connectivity index (χ3v) is 5.60. The largest absolute Gasteiger partial charge is 0.487 e. The van der Waals surface area contributed by atoms with Gasteiger partial charge in [-0.25, -0.2) is 0 Å². The fourth-order valence-corrected chi connectivity index (χ4v) is 4.22. The summed E-state index contributed by atoms with van der Waals surface area (Å²) in [5, 5.41) is 9.83. The van der Waals surface area contributed by atoms with Gasteiger partial charge in [0.1, 0.15) is 11.4 Å². The average molecular weight is 514 g/mol. The number of guanidine groups is 1. The van der Waals surface area contributed by atoms with Crippen molar-refractivity contribution in [2.75, 3.05) is 20.1 Å². The van der Waals surface area contributed by atoms with Crippen LogP contribution in [0.25, 0.3) is 0 Å². The number of ether oxygens (including phenoxy) is 1. The zero-order valence-corrected chi connectivity index (χ0v) is 20.1. The van der Waals surface area contributed by atoms with E-state index in [0.29, 0.717) is 25.4 Å². The maximum absolute atomic E-state index is 12.0. The summed E-state index contributed by atoms with van der Waals surface area (Å²) < 4.78 is 6.10. The van der Waals surface area contributed by atoms with Crippen molar-refractivity contribution < 1.29 is 9.53 Å². The Hall–Kier alpha value is -1.51. The number of rotatable bonds is 6. The Morgan fingerprint density at radius 2 is 1.86 bits per heavy atom. The normalized spacial score (nSPS) is 20.8. The summed E-state index contributed by atoms with van der Waals surface area (Å²) in [6, 6.07) is 8.27. The quantitative estimate of drug-likeness (QED) is 0.234. The van der Waals surface area contributed by atoms with Gasteiger partial charge in [0.2, 0.25) is 5.91 Å². The number of para-hydroxylation sites is 1. The van der Waals surface area contributed by atoms with E-state index in [1.54, 1.807) is 7.05 Å². The summed E-state index contributed by atoms with van der Waals surface area (Å²) in [5.74, 6) is 2.41. The number of amides is 1. The lowest BCUT2D eigenvalue weighted by atomic mass is 9.90. The van der Waals surface area contributed by atoms with Crippen molar-refractivity contribution in [3.8, 4) is 5.75 Å². The van der Waals surface area contributed by atoms with Crippen molar-refractivity contribution in [2.45, 2.75) is 64.0 Å². The van der Waals surface area contributed by atoms with Gasteiger partial charge in [0, 0.05) is 38.5 Å². The summed E-state index contributed by atoms with van der Waals surface area (Å²) in [6.07, 6.45) is 6.46. The highest BCUT2D eigenvalue weighted by atomic mass is 127. The van der Waals surface area contributed by atoms with Gasteiger partial charge in [-0.2, -0.15) is 0 Å². The number of carbonyl (C=O) groups is 1. The zero-order chi connectivity index (χ0) is 20.0. The molecule has 1 fully saturated rings. The standard InChI is InChI=1S/C22H34N4O2.HI/c1-22(2)15-18(17-10-6-7-11-19(17)28-22)26-21(23-3)25-13-12-24-20(27)14-16-8-4-5-9-16;/h6-7,10-11,16,18H,4-5,8-9,12-15H2,1-3H3,(H,24,27)(H2,23,25,26);1H. The molecule has 1 aromatic rings. The number of hydrogen-bond donors (Lipinski definition) is 3. The van der Waals surface area contributed by atoms with Crippen LogP contribution in [-0.4, -0.2) is 37.6 Å². The van der Waals surface area contributed by atoms with E-state index in [1.807, 2.05) is 18.2 Å². The Morgan fingerprint density at radius 1 is 1.17 bits per heavy atom. The minimum Gasteiger partial charge on any atom is -0.487 e. The van der Waals surface area contributed by atoms with Gasteiger partial charge in [0.25, 0.3) is 0 Å². The molecule has 1 saturated carbocycles. The van der Waals surface area contributed by atoms with Crippen LogP contribution in [0.15, 0.2) is 29.3 Å². The first-order chi connectivity index (χ1) is 13.5. The maximum atomic E-state index is 12.0. The highest BCUT2D eigenvalue weighted by Gasteiger charge is 2.33. The van der Waals surface area contributed by atoms with Crippen LogP contribution >= 0.6 is 24.0 Å². The first-order valence-electron chi connectivity index (χ1n) is 10.5. The zero-order valence-electron chi connectivity index (χ0n) is 17.8. The Balaban J connectivity index is 0.00000300. The van der Waals surface area contributed by atoms with Gasteiger partial charge in [0.05, 0.1) is 6.04 Å². The summed E-state index contributed by atoms with van der Waals surface area (Å²) >= 11 is 0. The molecule has 1 aliphatic heterocycles. The predicted octanol–water partition coefficient (Wildman–Crippen LogP) is 3.77. The molecule has 7 heteroatoms. The maximum Gasteiger partial charge on any atom is 0.220 e. The molecule has 29 heavy (non-hydrogen) atoms. The van der Waals surface area contributed by atoms with Gasteiger partial charge in [0.15, 0.2) is 5.96 Å². The molecule has 0 radical (unpaired) electrons. The Bertz CT molecular complexity index is 702. The monoisotopic (exact) mass is 514 g/mol. The van der Waals surface area contributed by atoms with E-state index in [2.05, 4.69) is 40.9 Å². The van der Waals surface area contributed by atoms with E-state index in [1.165, 1.54) is 25.7 Å². The highest BCUT2D eigenvalue weighted by Crippen LogP contribution is 2.39. The lowest BCUT2D eigenvalue weighted by Crippen LogP contribution is -2.46. The number of fused-ring (bicyclic) bond motifs is 1. The van der Waals surface area contributed by atoms with Crippen LogP contribution in [0.5, 0.6) is 5.75 Å². The van der Waals surface area contributed by atoms with Gasteiger partial charge < -0.3 is 20.7 Å². The molecule has 1 aliphatic carbocycles. The van der Waals surface area contributed by atoms with E-state index >= 15 is 0 Å². The SMILES string of the molecule is CN=C(NCCNC(=O)CC1CCCC1)NC1CC(C)(C)Oc2ccccc21.I. The fraction of sp³-hybridized carbons (Fsp3) is 0.636. The second-order valence-electron chi connectivity index (χ2n) is 8.50. The molecule has 0 spiro atoms. The van der Waals surface area contributed by atoms with Crippen LogP contribution in [0.1, 0.15) is 64.0 Å². The minimum atomic E-state index is -0.237. The van der Waals surface area contributed by atoms with Gasteiger partial charge in [-0.05, 0) is 38.7 Å². The molecule has 1 atom stereocenters. The van der Waals surface area contributed by atoms with E-state index in [9.17, 15) is 4.79 Å². The molecule has 6 nitrogen and oxygen atoms in total. The molecular weight excluding hydrogens is 479 g/mol. The molecule has 0 saturated heterocycles. The second-order valence-corrected chi connectivity index (χ2v) is 8.50. The summed E-state index contributed by atoms with van der Waals surface area (Å²) in [4.78, 5) is 16.4. The van der Waals surface area contributed by atoms with Gasteiger partial charge in [-0.3, -0.25) is 9.79 Å². The molecule has 1 heterocycles. The van der Waals surface area contributed by atoms with Crippen LogP contribution in [0.2, 0.25) is 0 Å². The molecule has 0 bridgehead atoms. The van der Waals surface area contributed by atoms with Crippen molar-refractivity contribution in [1.29, 1.82) is 0 Å². The number of benzene rings is 1. The van der Waals surface area contributed by atoms with Crippen LogP contribution in [-0.2, 0) is 4.79 Å². The Morgan fingerprint density at radius 3 is 2.59 bits per heavy atom. The predicted molar refractivity (Wildman–Crippen MR) is 128 cm³/mol. The molecule has 2 aliphatic rings. The number of aliphatic imine (C=N–C) groups is 1. The van der Waals surface area contributed by atoms with Gasteiger partial charge in [-0.15, -0.1) is 24.0 Å². The number of nitrogens with one attached hydrogen (secondary N) is 3. The molecular formula is C22H35IN4O2. The first kappa shape index (κ1) is 23.8. The number of carbonyl (C=O) groups excluding carboxylic acids is 1. The third-order valence-electron chi connectivity index (χ3n) is 5.60. The van der Waals surface area contributed by atoms with Crippen molar-refractivity contribution in [2.24, 2.45) is 10.9 Å². The minimum absolute atomic E-state index is 0. The molecule has 1 unspecified atom stereocenters. The van der Waals surface area contributed by atoms with E-state index in [4.69, 9.17) is 4.74 Å². The highest BCUT2D eigenvalue weighted by molar-refractivity contribution is 14.0. The topological polar surface area (TPSA) is 74.8 Å². The molecule has 3 rings (SSSR count). The van der Waals surface area contributed by atoms with E-state index in [0.717, 1.165) is 23.7 Å². The van der Waals surface area contributed by atoms with E-state index in [-0.39, 0.29) is 41.5 Å². The molecule has 0 aromatic heterocycles. The Labute approximate surface area is 191 Å². The van der Waals surface area contributed by atoms with Crippen molar-refractivity contribution in [1.82, 2.24) is 16.0 Å². The molecule has 1 aromatic carbocycles. The van der Waals surface area contributed by atoms with Crippen LogP contribution in [0.3, 0.4) is 0 Å². The lowest BCUT2D eigenvalue weighted by molar-refractivity contribution is -0.121. The molecule has 1 amide bonds. The van der Waals surface area contributed by atoms with Crippen LogP contribution < -0.4 is 20.7 Å². The average Bonchev–Trinajstić information content (AvgIpc) is 3.16. The van der Waals surface area contributed by atoms with Gasteiger partial charge in [-0.1, -0.05) is 31.0 Å². The van der Waals surface area contributed by atoms with E-state index < -0.39 is 0 Å². The van der Waals surface area contributed by atoms with Crippen LogP contribution in [0, 0.1) is 5.92 Å². The fourth-order valence-electron chi connectivity index (χ4n) is 4.22. The van der Waals surface area contributed by atoms with Crippen molar-refractivity contribution in [3.63, 3.8) is 0 Å². The first-order valence-corrected chi connectivity index (χ1v) is 10.5. The van der Waals surface area contributed by atoms with Gasteiger partial charge >= 0.3 is 0 Å². The lowest BCUT2D eigenvalue weighted by Gasteiger charge is -2.38. The molecule has 162 valence electrons. The number of halogens is 1. The smallest absolute Gasteiger partial charge is 0.220 e. The van der Waals surface area contributed by atoms with Crippen molar-refractivity contribution in [3.05, 3.63) is 29.8 Å². The second kappa shape index (κ2) is 11.0. The summed E-state index contributed by atoms with van der Waals surface area (Å²) in [6.45, 7) is 5.45. The summed E-state index contributed by atoms with van der Waals surface area (Å²) in [7, 11) is 1.77. The summed E-state index contributed by atoms with van der Waals surface area (Å²) in [5.41, 5.74) is 0.911. The number of nitrogens with zero attached hydrogens (tertiary/aromatic N) is 1. The van der Waals surface area contributed by atoms with Crippen LogP contribution in [0.4, 0.5) is 0 Å². The Kier molecular flexibility index (Phi) is 9.04. The third kappa shape index (κ3) is 7.04.